The molecule has 0 unspecified atom stereocenters. The van der Waals surface area contributed by atoms with Gasteiger partial charge in [-0.05, 0) is 24.6 Å². The van der Waals surface area contributed by atoms with Crippen molar-refractivity contribution in [2.75, 3.05) is 7.11 Å². The number of ketones is 1. The fraction of sp³-hybridized carbons (Fsp3) is 0.286. The maximum Gasteiger partial charge on any atom is 0.189 e. The molecule has 2 aromatic rings. The average molecular weight is 323 g/mol. The first-order valence-corrected chi connectivity index (χ1v) is 6.82. The Bertz CT molecular complexity index is 554. The third-order valence-corrected chi connectivity index (χ3v) is 3.40. The van der Waals surface area contributed by atoms with Crippen molar-refractivity contribution in [2.45, 2.75) is 19.9 Å². The number of carbonyl (C=O) groups is 1. The normalized spacial score (nSPS) is 10.5. The van der Waals surface area contributed by atoms with Crippen molar-refractivity contribution in [2.24, 2.45) is 0 Å². The second-order valence-corrected chi connectivity index (χ2v) is 5.02. The lowest BCUT2D eigenvalue weighted by Gasteiger charge is -2.06. The molecule has 0 bridgehead atoms. The Morgan fingerprint density at radius 3 is 2.63 bits per heavy atom. The summed E-state index contributed by atoms with van der Waals surface area (Å²) in [5.41, 5.74) is 1.51. The Balaban J connectivity index is 2.24. The molecule has 0 spiro atoms. The first-order valence-electron chi connectivity index (χ1n) is 6.03. The van der Waals surface area contributed by atoms with E-state index in [9.17, 15) is 4.79 Å². The van der Waals surface area contributed by atoms with Gasteiger partial charge >= 0.3 is 0 Å². The summed E-state index contributed by atoms with van der Waals surface area (Å²) in [5.74, 6) is 0.544. The van der Waals surface area contributed by atoms with Crippen molar-refractivity contribution >= 4 is 21.7 Å². The zero-order valence-electron chi connectivity index (χ0n) is 10.9. The Morgan fingerprint density at radius 1 is 1.37 bits per heavy atom. The van der Waals surface area contributed by atoms with E-state index in [0.717, 1.165) is 10.0 Å². The first kappa shape index (κ1) is 13.8. The summed E-state index contributed by atoms with van der Waals surface area (Å²) in [6.45, 7) is 2.59. The topological polar surface area (TPSA) is 44.1 Å². The van der Waals surface area contributed by atoms with E-state index in [4.69, 9.17) is 4.74 Å². The van der Waals surface area contributed by atoms with Gasteiger partial charge in [-0.25, -0.2) is 0 Å². The molecule has 0 N–H and O–H groups in total. The standard InChI is InChI=1S/C14H15BrN2O2/c1-3-17-14(13(19-2)9-16-17)12(18)8-10-4-6-11(15)7-5-10/h4-7,9H,3,8H2,1-2H3. The molecular formula is C14H15BrN2O2. The van der Waals surface area contributed by atoms with Crippen LogP contribution in [0.2, 0.25) is 0 Å². The van der Waals surface area contributed by atoms with Crippen LogP contribution in [0.15, 0.2) is 34.9 Å². The number of hydrogen-bond donors (Lipinski definition) is 0. The lowest BCUT2D eigenvalue weighted by molar-refractivity contribution is 0.0979. The molecule has 100 valence electrons. The van der Waals surface area contributed by atoms with Crippen LogP contribution < -0.4 is 4.74 Å². The highest BCUT2D eigenvalue weighted by molar-refractivity contribution is 9.10. The fourth-order valence-corrected chi connectivity index (χ4v) is 2.17. The summed E-state index contributed by atoms with van der Waals surface area (Å²) in [7, 11) is 1.55. The summed E-state index contributed by atoms with van der Waals surface area (Å²) in [6, 6.07) is 7.72. The van der Waals surface area contributed by atoms with Gasteiger partial charge in [-0.3, -0.25) is 9.48 Å². The number of rotatable bonds is 5. The highest BCUT2D eigenvalue weighted by atomic mass is 79.9. The average Bonchev–Trinajstić information content (AvgIpc) is 2.84. The van der Waals surface area contributed by atoms with Crippen LogP contribution in [0, 0.1) is 0 Å². The second kappa shape index (κ2) is 6.02. The molecular weight excluding hydrogens is 308 g/mol. The molecule has 0 radical (unpaired) electrons. The van der Waals surface area contributed by atoms with Gasteiger partial charge in [-0.15, -0.1) is 0 Å². The number of carbonyl (C=O) groups excluding carboxylic acids is 1. The van der Waals surface area contributed by atoms with E-state index in [-0.39, 0.29) is 5.78 Å². The Hall–Kier alpha value is -1.62. The van der Waals surface area contributed by atoms with Crippen LogP contribution in [0.3, 0.4) is 0 Å². The number of halogens is 1. The number of ether oxygens (including phenoxy) is 1. The lowest BCUT2D eigenvalue weighted by atomic mass is 10.1. The van der Waals surface area contributed by atoms with E-state index in [2.05, 4.69) is 21.0 Å². The predicted octanol–water partition coefficient (Wildman–Crippen LogP) is 3.10. The molecule has 5 heteroatoms. The molecule has 0 atom stereocenters. The third kappa shape index (κ3) is 3.04. The fourth-order valence-electron chi connectivity index (χ4n) is 1.91. The van der Waals surface area contributed by atoms with Crippen LogP contribution in [0.4, 0.5) is 0 Å². The Morgan fingerprint density at radius 2 is 2.05 bits per heavy atom. The molecule has 0 saturated heterocycles. The quantitative estimate of drug-likeness (QED) is 0.794. The highest BCUT2D eigenvalue weighted by Crippen LogP contribution is 2.20. The van der Waals surface area contributed by atoms with Crippen molar-refractivity contribution in [3.8, 4) is 5.75 Å². The molecule has 0 aliphatic carbocycles. The van der Waals surface area contributed by atoms with Gasteiger partial charge in [0.2, 0.25) is 0 Å². The molecule has 1 heterocycles. The number of aromatic nitrogens is 2. The van der Waals surface area contributed by atoms with Crippen molar-refractivity contribution < 1.29 is 9.53 Å². The monoisotopic (exact) mass is 322 g/mol. The summed E-state index contributed by atoms with van der Waals surface area (Å²) in [4.78, 5) is 12.4. The van der Waals surface area contributed by atoms with Crippen LogP contribution in [0.5, 0.6) is 5.75 Å². The highest BCUT2D eigenvalue weighted by Gasteiger charge is 2.18. The number of hydrogen-bond acceptors (Lipinski definition) is 3. The van der Waals surface area contributed by atoms with E-state index < -0.39 is 0 Å². The molecule has 0 fully saturated rings. The van der Waals surface area contributed by atoms with Gasteiger partial charge in [0.1, 0.15) is 5.69 Å². The van der Waals surface area contributed by atoms with Gasteiger partial charge in [0.25, 0.3) is 0 Å². The Kier molecular flexibility index (Phi) is 4.37. The van der Waals surface area contributed by atoms with Gasteiger partial charge in [0, 0.05) is 17.4 Å². The minimum Gasteiger partial charge on any atom is -0.493 e. The van der Waals surface area contributed by atoms with Gasteiger partial charge in [-0.2, -0.15) is 5.10 Å². The molecule has 4 nitrogen and oxygen atoms in total. The number of benzene rings is 1. The SMILES string of the molecule is CCn1ncc(OC)c1C(=O)Cc1ccc(Br)cc1. The summed E-state index contributed by atoms with van der Waals surface area (Å²) in [6.07, 6.45) is 1.92. The lowest BCUT2D eigenvalue weighted by Crippen LogP contribution is -2.12. The molecule has 0 saturated carbocycles. The zero-order valence-corrected chi connectivity index (χ0v) is 12.5. The minimum absolute atomic E-state index is 0.0125. The van der Waals surface area contributed by atoms with Crippen LogP contribution in [-0.2, 0) is 13.0 Å². The molecule has 0 aliphatic rings. The summed E-state index contributed by atoms with van der Waals surface area (Å²) < 4.78 is 7.86. The number of Topliss-reactive ketones (excluding diaryl/α,β-unsaturated/α-hetero) is 1. The van der Waals surface area contributed by atoms with E-state index in [1.807, 2.05) is 31.2 Å². The Labute approximate surface area is 120 Å². The number of methoxy groups -OCH3 is 1. The maximum atomic E-state index is 12.4. The third-order valence-electron chi connectivity index (χ3n) is 2.87. The van der Waals surface area contributed by atoms with Crippen LogP contribution in [0.1, 0.15) is 23.0 Å². The van der Waals surface area contributed by atoms with Gasteiger partial charge in [0.15, 0.2) is 11.5 Å². The first-order chi connectivity index (χ1) is 9.15. The zero-order chi connectivity index (χ0) is 13.8. The van der Waals surface area contributed by atoms with Crippen LogP contribution in [0.25, 0.3) is 0 Å². The van der Waals surface area contributed by atoms with Crippen molar-refractivity contribution in [1.82, 2.24) is 9.78 Å². The van der Waals surface area contributed by atoms with Gasteiger partial charge in [0.05, 0.1) is 13.3 Å². The van der Waals surface area contributed by atoms with Crippen LogP contribution in [-0.4, -0.2) is 22.7 Å². The van der Waals surface area contributed by atoms with Gasteiger partial charge < -0.3 is 4.74 Å². The molecule has 19 heavy (non-hydrogen) atoms. The minimum atomic E-state index is 0.0125. The molecule has 0 amide bonds. The molecule has 1 aromatic heterocycles. The van der Waals surface area contributed by atoms with Gasteiger partial charge in [-0.1, -0.05) is 28.1 Å². The predicted molar refractivity (Wildman–Crippen MR) is 76.6 cm³/mol. The van der Waals surface area contributed by atoms with E-state index >= 15 is 0 Å². The summed E-state index contributed by atoms with van der Waals surface area (Å²) in [5, 5.41) is 4.15. The number of nitrogens with zero attached hydrogens (tertiary/aromatic N) is 2. The number of aryl methyl sites for hydroxylation is 1. The van der Waals surface area contributed by atoms with Crippen molar-refractivity contribution in [3.05, 3.63) is 46.2 Å². The maximum absolute atomic E-state index is 12.4. The van der Waals surface area contributed by atoms with E-state index in [1.54, 1.807) is 18.0 Å². The molecule has 2 rings (SSSR count). The summed E-state index contributed by atoms with van der Waals surface area (Å²) >= 11 is 3.38. The van der Waals surface area contributed by atoms with E-state index in [0.29, 0.717) is 24.4 Å². The molecule has 0 aliphatic heterocycles. The molecule has 1 aromatic carbocycles. The van der Waals surface area contributed by atoms with Crippen molar-refractivity contribution in [3.63, 3.8) is 0 Å². The van der Waals surface area contributed by atoms with Crippen molar-refractivity contribution in [1.29, 1.82) is 0 Å². The van der Waals surface area contributed by atoms with Crippen LogP contribution >= 0.6 is 15.9 Å². The largest absolute Gasteiger partial charge is 0.493 e. The smallest absolute Gasteiger partial charge is 0.189 e. The second-order valence-electron chi connectivity index (χ2n) is 4.10. The van der Waals surface area contributed by atoms with E-state index in [1.165, 1.54) is 0 Å².